The van der Waals surface area contributed by atoms with E-state index < -0.39 is 9.84 Å². The molecule has 3 N–H and O–H groups in total. The minimum Gasteiger partial charge on any atom is -0.271 e. The summed E-state index contributed by atoms with van der Waals surface area (Å²) < 4.78 is 22.1. The monoisotopic (exact) mass is 256 g/mol. The van der Waals surface area contributed by atoms with E-state index in [1.165, 1.54) is 11.8 Å². The fraction of sp³-hybridized carbons (Fsp3) is 0.500. The van der Waals surface area contributed by atoms with Crippen LogP contribution in [0.1, 0.15) is 30.0 Å². The van der Waals surface area contributed by atoms with Gasteiger partial charge in [-0.2, -0.15) is 0 Å². The third kappa shape index (κ3) is 5.30. The molecule has 0 fully saturated rings. The number of rotatable bonds is 6. The number of hydrogen-bond acceptors (Lipinski definition) is 4. The minimum atomic E-state index is -2.89. The largest absolute Gasteiger partial charge is 0.271 e. The average Bonchev–Trinajstić information content (AvgIpc) is 2.24. The van der Waals surface area contributed by atoms with Crippen LogP contribution >= 0.6 is 0 Å². The molecule has 5 heteroatoms. The summed E-state index contributed by atoms with van der Waals surface area (Å²) in [6.45, 7) is 2.03. The van der Waals surface area contributed by atoms with Gasteiger partial charge in [-0.25, -0.2) is 8.42 Å². The van der Waals surface area contributed by atoms with E-state index in [0.29, 0.717) is 12.8 Å². The fourth-order valence-electron chi connectivity index (χ4n) is 1.69. The van der Waals surface area contributed by atoms with Gasteiger partial charge in [-0.1, -0.05) is 29.8 Å². The van der Waals surface area contributed by atoms with Crippen LogP contribution in [0.5, 0.6) is 0 Å². The number of benzene rings is 1. The molecule has 0 saturated carbocycles. The molecule has 0 heterocycles. The molecule has 96 valence electrons. The van der Waals surface area contributed by atoms with Crippen molar-refractivity contribution in [3.8, 4) is 0 Å². The third-order valence-electron chi connectivity index (χ3n) is 2.69. The van der Waals surface area contributed by atoms with Crippen LogP contribution in [0.4, 0.5) is 0 Å². The van der Waals surface area contributed by atoms with E-state index in [-0.39, 0.29) is 11.8 Å². The highest BCUT2D eigenvalue weighted by Gasteiger charge is 2.10. The van der Waals surface area contributed by atoms with E-state index in [1.54, 1.807) is 0 Å². The zero-order valence-electron chi connectivity index (χ0n) is 10.3. The molecule has 17 heavy (non-hydrogen) atoms. The number of nitrogens with one attached hydrogen (secondary N) is 1. The summed E-state index contributed by atoms with van der Waals surface area (Å²) >= 11 is 0. The van der Waals surface area contributed by atoms with Crippen LogP contribution in [0.15, 0.2) is 24.3 Å². The first-order chi connectivity index (χ1) is 7.92. The topological polar surface area (TPSA) is 72.2 Å². The van der Waals surface area contributed by atoms with Crippen molar-refractivity contribution in [2.45, 2.75) is 25.8 Å². The van der Waals surface area contributed by atoms with Crippen molar-refractivity contribution in [3.05, 3.63) is 35.4 Å². The second kappa shape index (κ2) is 6.14. The first-order valence-electron chi connectivity index (χ1n) is 5.63. The van der Waals surface area contributed by atoms with Crippen molar-refractivity contribution in [1.82, 2.24) is 5.43 Å². The molecule has 1 aromatic rings. The second-order valence-corrected chi connectivity index (χ2v) is 6.66. The number of aryl methyl sites for hydroxylation is 1. The van der Waals surface area contributed by atoms with E-state index in [2.05, 4.69) is 5.43 Å². The molecule has 1 rings (SSSR count). The number of hydrogen-bond donors (Lipinski definition) is 2. The molecule has 0 aliphatic carbocycles. The standard InChI is InChI=1S/C12H20N2O2S/c1-10-5-7-11(8-6-10)12(14-13)4-3-9-17(2,15)16/h5-8,12,14H,3-4,9,13H2,1-2H3. The molecule has 4 nitrogen and oxygen atoms in total. The number of sulfone groups is 1. The molecule has 0 saturated heterocycles. The Balaban J connectivity index is 2.57. The molecular weight excluding hydrogens is 236 g/mol. The molecule has 0 spiro atoms. The Morgan fingerprint density at radius 1 is 1.29 bits per heavy atom. The number of hydrazine groups is 1. The van der Waals surface area contributed by atoms with Crippen LogP contribution in [-0.4, -0.2) is 20.4 Å². The van der Waals surface area contributed by atoms with Crippen molar-refractivity contribution in [1.29, 1.82) is 0 Å². The molecule has 1 atom stereocenters. The van der Waals surface area contributed by atoms with Crippen LogP contribution in [0.25, 0.3) is 0 Å². The van der Waals surface area contributed by atoms with E-state index in [4.69, 9.17) is 5.84 Å². The molecule has 0 aliphatic rings. The van der Waals surface area contributed by atoms with Crippen LogP contribution < -0.4 is 11.3 Å². The van der Waals surface area contributed by atoms with Gasteiger partial charge in [-0.05, 0) is 25.3 Å². The van der Waals surface area contributed by atoms with E-state index in [9.17, 15) is 8.42 Å². The third-order valence-corrected chi connectivity index (χ3v) is 3.72. The summed E-state index contributed by atoms with van der Waals surface area (Å²) in [7, 11) is -2.89. The molecule has 0 aliphatic heterocycles. The predicted molar refractivity (Wildman–Crippen MR) is 70.2 cm³/mol. The molecule has 0 aromatic heterocycles. The highest BCUT2D eigenvalue weighted by atomic mass is 32.2. The van der Waals surface area contributed by atoms with E-state index in [0.717, 1.165) is 5.56 Å². The van der Waals surface area contributed by atoms with Crippen LogP contribution in [0.2, 0.25) is 0 Å². The SMILES string of the molecule is Cc1ccc(C(CCCS(C)(=O)=O)NN)cc1. The van der Waals surface area contributed by atoms with Crippen LogP contribution in [-0.2, 0) is 9.84 Å². The molecule has 0 radical (unpaired) electrons. The number of nitrogens with two attached hydrogens (primary N) is 1. The molecule has 1 aromatic carbocycles. The first-order valence-corrected chi connectivity index (χ1v) is 7.69. The van der Waals surface area contributed by atoms with Gasteiger partial charge in [-0.3, -0.25) is 11.3 Å². The Hall–Kier alpha value is -0.910. The Bertz CT molecular complexity index is 440. The van der Waals surface area contributed by atoms with Gasteiger partial charge in [0, 0.05) is 18.1 Å². The summed E-state index contributed by atoms with van der Waals surface area (Å²) in [6, 6.07) is 8.09. The summed E-state index contributed by atoms with van der Waals surface area (Å²) in [5, 5.41) is 0. The lowest BCUT2D eigenvalue weighted by Crippen LogP contribution is -2.28. The van der Waals surface area contributed by atoms with Gasteiger partial charge in [0.25, 0.3) is 0 Å². The van der Waals surface area contributed by atoms with Crippen molar-refractivity contribution in [2.24, 2.45) is 5.84 Å². The van der Waals surface area contributed by atoms with Gasteiger partial charge in [0.05, 0.1) is 0 Å². The zero-order chi connectivity index (χ0) is 12.9. The van der Waals surface area contributed by atoms with Crippen molar-refractivity contribution in [3.63, 3.8) is 0 Å². The van der Waals surface area contributed by atoms with E-state index >= 15 is 0 Å². The first kappa shape index (κ1) is 14.2. The highest BCUT2D eigenvalue weighted by Crippen LogP contribution is 2.18. The maximum absolute atomic E-state index is 11.0. The maximum Gasteiger partial charge on any atom is 0.147 e. The smallest absolute Gasteiger partial charge is 0.147 e. The Labute approximate surface area is 103 Å². The maximum atomic E-state index is 11.0. The van der Waals surface area contributed by atoms with Crippen molar-refractivity contribution in [2.75, 3.05) is 12.0 Å². The highest BCUT2D eigenvalue weighted by molar-refractivity contribution is 7.90. The van der Waals surface area contributed by atoms with Gasteiger partial charge in [0.2, 0.25) is 0 Å². The van der Waals surface area contributed by atoms with Crippen molar-refractivity contribution < 1.29 is 8.42 Å². The zero-order valence-corrected chi connectivity index (χ0v) is 11.1. The van der Waals surface area contributed by atoms with Gasteiger partial charge in [0.1, 0.15) is 9.84 Å². The summed E-state index contributed by atoms with van der Waals surface area (Å²) in [6.07, 6.45) is 2.58. The van der Waals surface area contributed by atoms with Gasteiger partial charge < -0.3 is 0 Å². The lowest BCUT2D eigenvalue weighted by Gasteiger charge is -2.16. The van der Waals surface area contributed by atoms with Gasteiger partial charge in [0.15, 0.2) is 0 Å². The second-order valence-electron chi connectivity index (χ2n) is 4.40. The summed E-state index contributed by atoms with van der Waals surface area (Å²) in [5.74, 6) is 5.70. The van der Waals surface area contributed by atoms with Crippen LogP contribution in [0.3, 0.4) is 0 Å². The van der Waals surface area contributed by atoms with Crippen LogP contribution in [0, 0.1) is 6.92 Å². The molecule has 0 bridgehead atoms. The average molecular weight is 256 g/mol. The van der Waals surface area contributed by atoms with Gasteiger partial charge >= 0.3 is 0 Å². The normalized spacial score (nSPS) is 13.6. The molecular formula is C12H20N2O2S. The summed E-state index contributed by atoms with van der Waals surface area (Å²) in [4.78, 5) is 0. The fourth-order valence-corrected chi connectivity index (χ4v) is 2.39. The molecule has 0 amide bonds. The predicted octanol–water partition coefficient (Wildman–Crippen LogP) is 1.32. The Kier molecular flexibility index (Phi) is 5.11. The Morgan fingerprint density at radius 2 is 1.88 bits per heavy atom. The quantitative estimate of drug-likeness (QED) is 0.595. The summed E-state index contributed by atoms with van der Waals surface area (Å²) in [5.41, 5.74) is 5.01. The molecule has 1 unspecified atom stereocenters. The Morgan fingerprint density at radius 3 is 2.35 bits per heavy atom. The van der Waals surface area contributed by atoms with E-state index in [1.807, 2.05) is 31.2 Å². The van der Waals surface area contributed by atoms with Gasteiger partial charge in [-0.15, -0.1) is 0 Å². The lowest BCUT2D eigenvalue weighted by molar-refractivity contribution is 0.507. The minimum absolute atomic E-state index is 0.0114. The lowest BCUT2D eigenvalue weighted by atomic mass is 10.0. The van der Waals surface area contributed by atoms with Crippen molar-refractivity contribution >= 4 is 9.84 Å².